The maximum atomic E-state index is 11.7. The lowest BCUT2D eigenvalue weighted by Crippen LogP contribution is -2.17. The van der Waals surface area contributed by atoms with Crippen LogP contribution < -0.4 is 0 Å². The molecule has 0 aliphatic rings. The number of carbonyl (C=O) groups excluding carboxylic acids is 2. The predicted molar refractivity (Wildman–Crippen MR) is 71.0 cm³/mol. The number of rotatable bonds is 5. The number of ether oxygens (including phenoxy) is 1. The highest BCUT2D eigenvalue weighted by molar-refractivity contribution is 6.41. The highest BCUT2D eigenvalue weighted by Crippen LogP contribution is 2.21. The van der Waals surface area contributed by atoms with Crippen LogP contribution in [-0.2, 0) is 16.0 Å². The van der Waals surface area contributed by atoms with E-state index in [-0.39, 0.29) is 12.2 Å². The fourth-order valence-corrected chi connectivity index (χ4v) is 1.87. The second kappa shape index (κ2) is 6.55. The van der Waals surface area contributed by atoms with Crippen molar-refractivity contribution in [2.24, 2.45) is 5.92 Å². The molecule has 0 radical (unpaired) electrons. The van der Waals surface area contributed by atoms with Crippen molar-refractivity contribution in [3.8, 4) is 0 Å². The largest absolute Gasteiger partial charge is 0.460 e. The average Bonchev–Trinajstić information content (AvgIpc) is 2.30. The van der Waals surface area contributed by atoms with Gasteiger partial charge in [-0.3, -0.25) is 4.79 Å². The Morgan fingerprint density at radius 2 is 2.00 bits per heavy atom. The standard InChI is InChI=1S/C14H17ClO3/c1-4-18-14(17)13(16)11-6-5-10(7-9(2)3)12(15)8-11/h5-6,8-9H,4,7H2,1-3H3. The summed E-state index contributed by atoms with van der Waals surface area (Å²) in [6.07, 6.45) is 0.840. The number of hydrogen-bond donors (Lipinski definition) is 0. The maximum Gasteiger partial charge on any atom is 0.379 e. The van der Waals surface area contributed by atoms with Gasteiger partial charge in [0.25, 0.3) is 5.78 Å². The van der Waals surface area contributed by atoms with E-state index < -0.39 is 11.8 Å². The number of hydrogen-bond acceptors (Lipinski definition) is 3. The third-order valence-electron chi connectivity index (χ3n) is 2.40. The molecule has 3 nitrogen and oxygen atoms in total. The van der Waals surface area contributed by atoms with E-state index in [0.717, 1.165) is 12.0 Å². The molecule has 1 aromatic rings. The Hall–Kier alpha value is -1.35. The lowest BCUT2D eigenvalue weighted by atomic mass is 10.0. The van der Waals surface area contributed by atoms with E-state index in [4.69, 9.17) is 11.6 Å². The van der Waals surface area contributed by atoms with Crippen LogP contribution in [-0.4, -0.2) is 18.4 Å². The zero-order chi connectivity index (χ0) is 13.7. The Bertz CT molecular complexity index is 452. The minimum absolute atomic E-state index is 0.184. The van der Waals surface area contributed by atoms with Gasteiger partial charge in [-0.05, 0) is 30.9 Å². The van der Waals surface area contributed by atoms with Gasteiger partial charge in [-0.2, -0.15) is 0 Å². The molecule has 1 rings (SSSR count). The molecular weight excluding hydrogens is 252 g/mol. The second-order valence-electron chi connectivity index (χ2n) is 4.45. The second-order valence-corrected chi connectivity index (χ2v) is 4.86. The van der Waals surface area contributed by atoms with Crippen molar-refractivity contribution in [1.29, 1.82) is 0 Å². The minimum Gasteiger partial charge on any atom is -0.460 e. The van der Waals surface area contributed by atoms with Gasteiger partial charge in [0, 0.05) is 10.6 Å². The van der Waals surface area contributed by atoms with Crippen molar-refractivity contribution in [3.63, 3.8) is 0 Å². The molecule has 0 aliphatic carbocycles. The average molecular weight is 269 g/mol. The first-order valence-corrected chi connectivity index (χ1v) is 6.33. The molecule has 18 heavy (non-hydrogen) atoms. The van der Waals surface area contributed by atoms with Crippen LogP contribution in [0.5, 0.6) is 0 Å². The van der Waals surface area contributed by atoms with Gasteiger partial charge in [-0.25, -0.2) is 4.79 Å². The number of esters is 1. The fraction of sp³-hybridized carbons (Fsp3) is 0.429. The zero-order valence-corrected chi connectivity index (χ0v) is 11.6. The molecule has 1 aromatic carbocycles. The summed E-state index contributed by atoms with van der Waals surface area (Å²) < 4.78 is 4.66. The number of benzene rings is 1. The lowest BCUT2D eigenvalue weighted by molar-refractivity contribution is -0.137. The van der Waals surface area contributed by atoms with Crippen molar-refractivity contribution < 1.29 is 14.3 Å². The van der Waals surface area contributed by atoms with Crippen LogP contribution in [0.4, 0.5) is 0 Å². The summed E-state index contributed by atoms with van der Waals surface area (Å²) in [7, 11) is 0. The highest BCUT2D eigenvalue weighted by atomic mass is 35.5. The molecule has 0 N–H and O–H groups in total. The molecule has 0 saturated carbocycles. The topological polar surface area (TPSA) is 43.4 Å². The summed E-state index contributed by atoms with van der Waals surface area (Å²) in [5.41, 5.74) is 1.25. The van der Waals surface area contributed by atoms with E-state index in [1.807, 2.05) is 0 Å². The van der Waals surface area contributed by atoms with Crippen LogP contribution in [0.15, 0.2) is 18.2 Å². The first-order valence-electron chi connectivity index (χ1n) is 5.95. The number of carbonyl (C=O) groups is 2. The summed E-state index contributed by atoms with van der Waals surface area (Å²) in [5.74, 6) is -1.02. The fourth-order valence-electron chi connectivity index (χ4n) is 1.61. The van der Waals surface area contributed by atoms with Crippen LogP contribution >= 0.6 is 11.6 Å². The van der Waals surface area contributed by atoms with Crippen molar-refractivity contribution in [3.05, 3.63) is 34.3 Å². The van der Waals surface area contributed by atoms with Gasteiger partial charge in [0.15, 0.2) is 0 Å². The van der Waals surface area contributed by atoms with Gasteiger partial charge in [0.2, 0.25) is 0 Å². The van der Waals surface area contributed by atoms with E-state index in [9.17, 15) is 9.59 Å². The van der Waals surface area contributed by atoms with Crippen molar-refractivity contribution in [2.45, 2.75) is 27.2 Å². The van der Waals surface area contributed by atoms with Gasteiger partial charge in [-0.15, -0.1) is 0 Å². The van der Waals surface area contributed by atoms with Gasteiger partial charge in [0.05, 0.1) is 6.61 Å². The van der Waals surface area contributed by atoms with Crippen LogP contribution in [0.3, 0.4) is 0 Å². The number of ketones is 1. The van der Waals surface area contributed by atoms with E-state index in [1.165, 1.54) is 6.07 Å². The smallest absolute Gasteiger partial charge is 0.379 e. The molecule has 0 amide bonds. The Labute approximate surface area is 112 Å². The number of halogens is 1. The first kappa shape index (κ1) is 14.7. The Morgan fingerprint density at radius 1 is 1.33 bits per heavy atom. The van der Waals surface area contributed by atoms with E-state index in [2.05, 4.69) is 18.6 Å². The Balaban J connectivity index is 2.90. The summed E-state index contributed by atoms with van der Waals surface area (Å²) in [5, 5.41) is 0.513. The quantitative estimate of drug-likeness (QED) is 0.468. The molecule has 0 spiro atoms. The monoisotopic (exact) mass is 268 g/mol. The van der Waals surface area contributed by atoms with E-state index in [1.54, 1.807) is 19.1 Å². The van der Waals surface area contributed by atoms with Crippen molar-refractivity contribution in [2.75, 3.05) is 6.61 Å². The molecular formula is C14H17ClO3. The molecule has 0 atom stereocenters. The third kappa shape index (κ3) is 3.84. The summed E-state index contributed by atoms with van der Waals surface area (Å²) >= 11 is 6.09. The Kier molecular flexibility index (Phi) is 5.35. The third-order valence-corrected chi connectivity index (χ3v) is 2.76. The van der Waals surface area contributed by atoms with E-state index in [0.29, 0.717) is 10.9 Å². The lowest BCUT2D eigenvalue weighted by Gasteiger charge is -2.08. The normalized spacial score (nSPS) is 10.5. The zero-order valence-electron chi connectivity index (χ0n) is 10.8. The molecule has 0 saturated heterocycles. The maximum absolute atomic E-state index is 11.7. The minimum atomic E-state index is -0.842. The molecule has 98 valence electrons. The van der Waals surface area contributed by atoms with Gasteiger partial charge < -0.3 is 4.74 Å². The van der Waals surface area contributed by atoms with Crippen LogP contribution in [0.2, 0.25) is 5.02 Å². The SMILES string of the molecule is CCOC(=O)C(=O)c1ccc(CC(C)C)c(Cl)c1. The van der Waals surface area contributed by atoms with Gasteiger partial charge >= 0.3 is 5.97 Å². The summed E-state index contributed by atoms with van der Waals surface area (Å²) in [6.45, 7) is 6.02. The molecule has 0 unspecified atom stereocenters. The Morgan fingerprint density at radius 3 is 2.50 bits per heavy atom. The summed E-state index contributed by atoms with van der Waals surface area (Å²) in [6, 6.07) is 4.93. The van der Waals surface area contributed by atoms with E-state index >= 15 is 0 Å². The predicted octanol–water partition coefficient (Wildman–Crippen LogP) is 3.28. The van der Waals surface area contributed by atoms with Crippen LogP contribution in [0, 0.1) is 5.92 Å². The number of Topliss-reactive ketones (excluding diaryl/α,β-unsaturated/α-hetero) is 1. The molecule has 0 heterocycles. The van der Waals surface area contributed by atoms with Crippen LogP contribution in [0.25, 0.3) is 0 Å². The van der Waals surface area contributed by atoms with Crippen molar-refractivity contribution in [1.82, 2.24) is 0 Å². The highest BCUT2D eigenvalue weighted by Gasteiger charge is 2.18. The van der Waals surface area contributed by atoms with Crippen molar-refractivity contribution >= 4 is 23.4 Å². The molecule has 0 fully saturated rings. The molecule has 0 aromatic heterocycles. The van der Waals surface area contributed by atoms with Gasteiger partial charge in [-0.1, -0.05) is 37.6 Å². The molecule has 4 heteroatoms. The first-order chi connectivity index (χ1) is 8.45. The molecule has 0 bridgehead atoms. The van der Waals surface area contributed by atoms with Gasteiger partial charge in [0.1, 0.15) is 0 Å². The summed E-state index contributed by atoms with van der Waals surface area (Å²) in [4.78, 5) is 23.0. The molecule has 0 aliphatic heterocycles. The van der Waals surface area contributed by atoms with Crippen LogP contribution in [0.1, 0.15) is 36.7 Å².